The maximum Gasteiger partial charge on any atom is 0.254 e. The van der Waals surface area contributed by atoms with Crippen LogP contribution in [-0.4, -0.2) is 35.9 Å². The summed E-state index contributed by atoms with van der Waals surface area (Å²) >= 11 is 0. The number of morpholine rings is 1. The van der Waals surface area contributed by atoms with E-state index in [4.69, 9.17) is 4.74 Å². The summed E-state index contributed by atoms with van der Waals surface area (Å²) in [6.45, 7) is 4.58. The maximum absolute atomic E-state index is 13.3. The van der Waals surface area contributed by atoms with Crippen molar-refractivity contribution in [2.75, 3.05) is 18.4 Å². The summed E-state index contributed by atoms with van der Waals surface area (Å²) in [6, 6.07) is 15.6. The van der Waals surface area contributed by atoms with Crippen LogP contribution in [0.1, 0.15) is 47.4 Å². The number of anilines is 1. The average Bonchev–Trinajstić information content (AvgIpc) is 3.53. The Kier molecular flexibility index (Phi) is 5.18. The van der Waals surface area contributed by atoms with Crippen LogP contribution in [0.3, 0.4) is 0 Å². The number of amides is 2. The molecule has 2 fully saturated rings. The highest BCUT2D eigenvalue weighted by atomic mass is 16.5. The molecule has 0 bridgehead atoms. The summed E-state index contributed by atoms with van der Waals surface area (Å²) in [5.74, 6) is 0.469. The third-order valence-corrected chi connectivity index (χ3v) is 5.51. The molecule has 1 aliphatic carbocycles. The first kappa shape index (κ1) is 18.7. The lowest BCUT2D eigenvalue weighted by molar-refractivity contribution is -0.114. The van der Waals surface area contributed by atoms with E-state index in [0.717, 1.165) is 11.1 Å². The second-order valence-corrected chi connectivity index (χ2v) is 7.83. The van der Waals surface area contributed by atoms with E-state index in [9.17, 15) is 9.59 Å². The minimum atomic E-state index is -0.121. The molecule has 2 atom stereocenters. The minimum Gasteiger partial charge on any atom is -0.366 e. The number of carbonyl (C=O) groups is 2. The molecule has 2 aromatic rings. The van der Waals surface area contributed by atoms with Gasteiger partial charge in [0.25, 0.3) is 5.91 Å². The van der Waals surface area contributed by atoms with Crippen LogP contribution < -0.4 is 5.32 Å². The summed E-state index contributed by atoms with van der Waals surface area (Å²) in [4.78, 5) is 26.5. The van der Waals surface area contributed by atoms with E-state index in [1.807, 2.05) is 42.2 Å². The van der Waals surface area contributed by atoms with E-state index in [1.54, 1.807) is 6.07 Å². The van der Waals surface area contributed by atoms with E-state index in [2.05, 4.69) is 17.4 Å². The molecule has 1 saturated heterocycles. The van der Waals surface area contributed by atoms with Gasteiger partial charge in [-0.05, 0) is 55.0 Å². The lowest BCUT2D eigenvalue weighted by Gasteiger charge is -2.39. The van der Waals surface area contributed by atoms with Crippen LogP contribution >= 0.6 is 0 Å². The first-order valence-corrected chi connectivity index (χ1v) is 9.89. The predicted molar refractivity (Wildman–Crippen MR) is 108 cm³/mol. The van der Waals surface area contributed by atoms with Crippen LogP contribution in [0.4, 0.5) is 5.69 Å². The number of benzene rings is 2. The molecular weight excluding hydrogens is 352 g/mol. The second-order valence-electron chi connectivity index (χ2n) is 7.83. The zero-order valence-electron chi connectivity index (χ0n) is 16.4. The molecule has 4 rings (SSSR count). The summed E-state index contributed by atoms with van der Waals surface area (Å²) in [5, 5.41) is 2.77. The number of nitrogens with zero attached hydrogens (tertiary/aromatic N) is 1. The molecule has 146 valence electrons. The highest BCUT2D eigenvalue weighted by molar-refractivity contribution is 5.97. The van der Waals surface area contributed by atoms with Gasteiger partial charge in [0.1, 0.15) is 6.10 Å². The molecule has 5 heteroatoms. The van der Waals surface area contributed by atoms with Gasteiger partial charge >= 0.3 is 0 Å². The maximum atomic E-state index is 13.3. The molecular formula is C23H26N2O3. The Bertz CT molecular complexity index is 877. The van der Waals surface area contributed by atoms with Crippen molar-refractivity contribution in [1.82, 2.24) is 4.90 Å². The highest BCUT2D eigenvalue weighted by Crippen LogP contribution is 2.39. The van der Waals surface area contributed by atoms with Gasteiger partial charge in [-0.2, -0.15) is 0 Å². The largest absolute Gasteiger partial charge is 0.366 e. The number of hydrogen-bond acceptors (Lipinski definition) is 3. The van der Waals surface area contributed by atoms with Crippen LogP contribution in [0.25, 0.3) is 0 Å². The standard InChI is InChI=1S/C23H26N2O3/c1-15-12-19(24-16(2)26)10-11-20(15)23(27)25-13-21(17-6-4-3-5-7-17)28-22(14-25)18-8-9-18/h3-7,10-12,18,21-22H,8-9,13-14H2,1-2H3,(H,24,26)/t21-,22+/m0/s1. The Morgan fingerprint density at radius 1 is 1.07 bits per heavy atom. The number of aryl methyl sites for hydroxylation is 1. The van der Waals surface area contributed by atoms with E-state index < -0.39 is 0 Å². The van der Waals surface area contributed by atoms with Gasteiger partial charge in [-0.15, -0.1) is 0 Å². The van der Waals surface area contributed by atoms with Crippen LogP contribution in [0.15, 0.2) is 48.5 Å². The average molecular weight is 378 g/mol. The Morgan fingerprint density at radius 2 is 1.82 bits per heavy atom. The third-order valence-electron chi connectivity index (χ3n) is 5.51. The van der Waals surface area contributed by atoms with Gasteiger partial charge < -0.3 is 15.0 Å². The van der Waals surface area contributed by atoms with Gasteiger partial charge in [0.05, 0.1) is 12.6 Å². The van der Waals surface area contributed by atoms with E-state index in [1.165, 1.54) is 19.8 Å². The van der Waals surface area contributed by atoms with Crippen molar-refractivity contribution in [3.05, 3.63) is 65.2 Å². The smallest absolute Gasteiger partial charge is 0.254 e. The van der Waals surface area contributed by atoms with E-state index in [0.29, 0.717) is 30.3 Å². The molecule has 28 heavy (non-hydrogen) atoms. The van der Waals surface area contributed by atoms with Crippen LogP contribution in [-0.2, 0) is 9.53 Å². The molecule has 1 heterocycles. The second kappa shape index (κ2) is 7.76. The molecule has 1 N–H and O–H groups in total. The summed E-state index contributed by atoms with van der Waals surface area (Å²) in [5.41, 5.74) is 3.37. The Morgan fingerprint density at radius 3 is 2.46 bits per heavy atom. The number of hydrogen-bond donors (Lipinski definition) is 1. The molecule has 0 unspecified atom stereocenters. The van der Waals surface area contributed by atoms with E-state index >= 15 is 0 Å². The van der Waals surface area contributed by atoms with Crippen LogP contribution in [0.2, 0.25) is 0 Å². The first-order valence-electron chi connectivity index (χ1n) is 9.89. The lowest BCUT2D eigenvalue weighted by atomic mass is 10.0. The fourth-order valence-electron chi connectivity index (χ4n) is 3.89. The molecule has 5 nitrogen and oxygen atoms in total. The van der Waals surface area contributed by atoms with Crippen molar-refractivity contribution >= 4 is 17.5 Å². The fraction of sp³-hybridized carbons (Fsp3) is 0.391. The summed E-state index contributed by atoms with van der Waals surface area (Å²) < 4.78 is 6.36. The monoisotopic (exact) mass is 378 g/mol. The topological polar surface area (TPSA) is 58.6 Å². The quantitative estimate of drug-likeness (QED) is 0.876. The van der Waals surface area contributed by atoms with Gasteiger partial charge in [-0.1, -0.05) is 30.3 Å². The van der Waals surface area contributed by atoms with Gasteiger partial charge in [-0.25, -0.2) is 0 Å². The van der Waals surface area contributed by atoms with Gasteiger partial charge in [0, 0.05) is 24.7 Å². The number of rotatable bonds is 4. The van der Waals surface area contributed by atoms with Crippen molar-refractivity contribution in [3.8, 4) is 0 Å². The zero-order chi connectivity index (χ0) is 19.7. The number of carbonyl (C=O) groups excluding carboxylic acids is 2. The van der Waals surface area contributed by atoms with Gasteiger partial charge in [-0.3, -0.25) is 9.59 Å². The number of ether oxygens (including phenoxy) is 1. The Hall–Kier alpha value is -2.66. The van der Waals surface area contributed by atoms with Gasteiger partial charge in [0.15, 0.2) is 0 Å². The van der Waals surface area contributed by atoms with Crippen LogP contribution in [0.5, 0.6) is 0 Å². The molecule has 1 saturated carbocycles. The van der Waals surface area contributed by atoms with Gasteiger partial charge in [0.2, 0.25) is 5.91 Å². The minimum absolute atomic E-state index is 0.0294. The fourth-order valence-corrected chi connectivity index (χ4v) is 3.89. The molecule has 1 aliphatic heterocycles. The van der Waals surface area contributed by atoms with Crippen LogP contribution in [0, 0.1) is 12.8 Å². The van der Waals surface area contributed by atoms with Crippen molar-refractivity contribution in [3.63, 3.8) is 0 Å². The Balaban J connectivity index is 1.56. The zero-order valence-corrected chi connectivity index (χ0v) is 16.4. The highest BCUT2D eigenvalue weighted by Gasteiger charge is 2.40. The summed E-state index contributed by atoms with van der Waals surface area (Å²) in [7, 11) is 0. The molecule has 0 radical (unpaired) electrons. The summed E-state index contributed by atoms with van der Waals surface area (Å²) in [6.07, 6.45) is 2.36. The molecule has 2 amide bonds. The molecule has 2 aliphatic rings. The van der Waals surface area contributed by atoms with Crippen molar-refractivity contribution in [2.24, 2.45) is 5.92 Å². The molecule has 0 aromatic heterocycles. The molecule has 2 aromatic carbocycles. The van der Waals surface area contributed by atoms with Crippen molar-refractivity contribution in [2.45, 2.75) is 38.9 Å². The SMILES string of the molecule is CC(=O)Nc1ccc(C(=O)N2C[C@@H](c3ccccc3)O[C@@H](C3CC3)C2)c(C)c1. The lowest BCUT2D eigenvalue weighted by Crippen LogP contribution is -2.47. The third kappa shape index (κ3) is 4.09. The first-order chi connectivity index (χ1) is 13.5. The van der Waals surface area contributed by atoms with Crippen molar-refractivity contribution in [1.29, 1.82) is 0 Å². The van der Waals surface area contributed by atoms with E-state index in [-0.39, 0.29) is 24.0 Å². The molecule has 0 spiro atoms. The predicted octanol–water partition coefficient (Wildman–Crippen LogP) is 3.95. The normalized spacial score (nSPS) is 22.0. The Labute approximate surface area is 165 Å². The number of nitrogens with one attached hydrogen (secondary N) is 1. The van der Waals surface area contributed by atoms with Crippen molar-refractivity contribution < 1.29 is 14.3 Å².